The van der Waals surface area contributed by atoms with Gasteiger partial charge in [0, 0.05) is 11.1 Å². The molecule has 0 saturated heterocycles. The summed E-state index contributed by atoms with van der Waals surface area (Å²) in [5.41, 5.74) is 2.06. The Hall–Kier alpha value is -5.44. The summed E-state index contributed by atoms with van der Waals surface area (Å²) >= 11 is 2.85. The Morgan fingerprint density at radius 2 is 1.42 bits per heavy atom. The summed E-state index contributed by atoms with van der Waals surface area (Å²) in [5.74, 6) is -2.45. The molecule has 0 atom stereocenters. The van der Waals surface area contributed by atoms with E-state index in [0.717, 1.165) is 66.1 Å². The molecule has 4 N–H and O–H groups in total. The standard InChI is InChI=1S/C31H20N6O9S4/c1-15-2-9-20-24(12-15)48-28(32-20)16-4-11-23-22(13-16)33-29(47-23)17-3-10-21(25(14-17)50(44,45)46)34-35-26-27(31(39)40)36-37(30(26)38)18-5-7-19(8-6-18)49(41,42)43/h2-14,38H,1H3,(H,39,40)(H,41,42,43)(H,44,45,46). The second-order valence-corrected chi connectivity index (χ2v) is 15.6. The number of nitrogens with zero attached hydrogens (tertiary/aromatic N) is 6. The van der Waals surface area contributed by atoms with Gasteiger partial charge in [0.1, 0.15) is 20.6 Å². The summed E-state index contributed by atoms with van der Waals surface area (Å²) in [6, 6.07) is 19.9. The Balaban J connectivity index is 1.23. The molecule has 0 saturated carbocycles. The maximum absolute atomic E-state index is 12.5. The Bertz CT molecular complexity index is 2770. The molecule has 15 nitrogen and oxygen atoms in total. The number of hydrogen-bond donors (Lipinski definition) is 4. The van der Waals surface area contributed by atoms with Gasteiger partial charge < -0.3 is 10.2 Å². The van der Waals surface area contributed by atoms with Crippen molar-refractivity contribution in [2.45, 2.75) is 16.7 Å². The molecule has 0 fully saturated rings. The van der Waals surface area contributed by atoms with E-state index in [4.69, 9.17) is 4.98 Å². The topological polar surface area (TPSA) is 235 Å². The van der Waals surface area contributed by atoms with Crippen molar-refractivity contribution in [1.29, 1.82) is 0 Å². The maximum Gasteiger partial charge on any atom is 0.358 e. The molecule has 4 aromatic carbocycles. The highest BCUT2D eigenvalue weighted by atomic mass is 32.2. The Labute approximate surface area is 290 Å². The fraction of sp³-hybridized carbons (Fsp3) is 0.0323. The minimum absolute atomic E-state index is 0.0000497. The lowest BCUT2D eigenvalue weighted by atomic mass is 10.2. The highest BCUT2D eigenvalue weighted by Crippen LogP contribution is 2.39. The Morgan fingerprint density at radius 1 is 0.760 bits per heavy atom. The van der Waals surface area contributed by atoms with E-state index in [2.05, 4.69) is 26.4 Å². The predicted octanol–water partition coefficient (Wildman–Crippen LogP) is 7.05. The molecule has 3 heterocycles. The average molecular weight is 749 g/mol. The van der Waals surface area contributed by atoms with Crippen LogP contribution in [0.15, 0.2) is 98.9 Å². The third-order valence-corrected chi connectivity index (χ3v) is 11.2. The Morgan fingerprint density at radius 3 is 2.10 bits per heavy atom. The second-order valence-electron chi connectivity index (χ2n) is 10.8. The molecule has 19 heteroatoms. The van der Waals surface area contributed by atoms with Crippen LogP contribution in [0.3, 0.4) is 0 Å². The largest absolute Gasteiger partial charge is 0.492 e. The molecule has 0 radical (unpaired) electrons. The maximum atomic E-state index is 12.5. The van der Waals surface area contributed by atoms with Crippen molar-refractivity contribution in [3.05, 3.63) is 90.1 Å². The number of aromatic carboxylic acids is 1. The van der Waals surface area contributed by atoms with E-state index in [-0.39, 0.29) is 11.4 Å². The number of carbonyl (C=O) groups is 1. The van der Waals surface area contributed by atoms with Crippen LogP contribution >= 0.6 is 22.7 Å². The van der Waals surface area contributed by atoms with E-state index >= 15 is 0 Å². The fourth-order valence-electron chi connectivity index (χ4n) is 4.96. The highest BCUT2D eigenvalue weighted by molar-refractivity contribution is 7.86. The lowest BCUT2D eigenvalue weighted by Crippen LogP contribution is -2.02. The molecule has 0 amide bonds. The van der Waals surface area contributed by atoms with E-state index in [1.165, 1.54) is 23.5 Å². The summed E-state index contributed by atoms with van der Waals surface area (Å²) in [6.07, 6.45) is 0. The smallest absolute Gasteiger partial charge is 0.358 e. The number of hydrogen-bond acceptors (Lipinski definition) is 13. The minimum Gasteiger partial charge on any atom is -0.492 e. The van der Waals surface area contributed by atoms with Crippen LogP contribution < -0.4 is 0 Å². The quantitative estimate of drug-likeness (QED) is 0.0904. The van der Waals surface area contributed by atoms with Crippen LogP contribution in [0.2, 0.25) is 0 Å². The van der Waals surface area contributed by atoms with Crippen molar-refractivity contribution >= 4 is 80.7 Å². The van der Waals surface area contributed by atoms with E-state index in [1.54, 1.807) is 11.3 Å². The van der Waals surface area contributed by atoms with Gasteiger partial charge >= 0.3 is 5.97 Å². The molecule has 0 aliphatic heterocycles. The third-order valence-electron chi connectivity index (χ3n) is 7.34. The van der Waals surface area contributed by atoms with Gasteiger partial charge in [0.2, 0.25) is 11.6 Å². The first-order chi connectivity index (χ1) is 23.7. The molecule has 0 unspecified atom stereocenters. The second kappa shape index (κ2) is 12.2. The van der Waals surface area contributed by atoms with Crippen LogP contribution in [0.4, 0.5) is 11.4 Å². The number of carboxylic acids is 1. The van der Waals surface area contributed by atoms with Gasteiger partial charge in [-0.25, -0.2) is 14.8 Å². The van der Waals surface area contributed by atoms with Gasteiger partial charge in [-0.3, -0.25) is 9.11 Å². The van der Waals surface area contributed by atoms with E-state index < -0.39 is 53.3 Å². The van der Waals surface area contributed by atoms with Crippen LogP contribution in [-0.4, -0.2) is 61.9 Å². The van der Waals surface area contributed by atoms with Gasteiger partial charge in [0.05, 0.1) is 31.0 Å². The number of aromatic hydroxyl groups is 1. The number of aryl methyl sites for hydroxylation is 1. The first kappa shape index (κ1) is 33.1. The molecule has 50 heavy (non-hydrogen) atoms. The zero-order chi connectivity index (χ0) is 35.5. The van der Waals surface area contributed by atoms with Crippen molar-refractivity contribution in [1.82, 2.24) is 19.7 Å². The average Bonchev–Trinajstić information content (AvgIpc) is 3.77. The predicted molar refractivity (Wildman–Crippen MR) is 184 cm³/mol. The zero-order valence-corrected chi connectivity index (χ0v) is 28.4. The number of thiazole rings is 2. The van der Waals surface area contributed by atoms with Gasteiger partial charge in [-0.15, -0.1) is 32.9 Å². The van der Waals surface area contributed by atoms with Crippen molar-refractivity contribution < 1.29 is 40.9 Å². The summed E-state index contributed by atoms with van der Waals surface area (Å²) in [5, 5.41) is 33.1. The number of rotatable bonds is 8. The fourth-order valence-corrected chi connectivity index (χ4v) is 8.09. The molecule has 0 bridgehead atoms. The number of benzene rings is 4. The first-order valence-electron chi connectivity index (χ1n) is 14.1. The van der Waals surface area contributed by atoms with Gasteiger partial charge in [-0.05, 0) is 79.2 Å². The number of azo groups is 1. The lowest BCUT2D eigenvalue weighted by molar-refractivity contribution is 0.0690. The number of aromatic nitrogens is 4. The van der Waals surface area contributed by atoms with Crippen molar-refractivity contribution in [3.8, 4) is 32.7 Å². The molecule has 7 rings (SSSR count). The molecular formula is C31H20N6O9S4. The van der Waals surface area contributed by atoms with E-state index in [1.807, 2.05) is 37.3 Å². The van der Waals surface area contributed by atoms with Crippen LogP contribution in [0.1, 0.15) is 16.1 Å². The van der Waals surface area contributed by atoms with Crippen LogP contribution in [0.5, 0.6) is 5.88 Å². The summed E-state index contributed by atoms with van der Waals surface area (Å²) < 4.78 is 69.5. The van der Waals surface area contributed by atoms with E-state index in [9.17, 15) is 40.9 Å². The van der Waals surface area contributed by atoms with Crippen molar-refractivity contribution in [2.75, 3.05) is 0 Å². The van der Waals surface area contributed by atoms with Crippen LogP contribution in [0, 0.1) is 6.92 Å². The molecule has 0 aliphatic carbocycles. The molecule has 7 aromatic rings. The van der Waals surface area contributed by atoms with Crippen molar-refractivity contribution in [3.63, 3.8) is 0 Å². The summed E-state index contributed by atoms with van der Waals surface area (Å²) in [7, 11) is -9.42. The summed E-state index contributed by atoms with van der Waals surface area (Å²) in [6.45, 7) is 2.02. The normalized spacial score (nSPS) is 12.4. The molecule has 0 aliphatic rings. The van der Waals surface area contributed by atoms with Gasteiger partial charge in [-0.1, -0.05) is 12.1 Å². The van der Waals surface area contributed by atoms with Gasteiger partial charge in [-0.2, -0.15) is 26.6 Å². The highest BCUT2D eigenvalue weighted by Gasteiger charge is 2.25. The SMILES string of the molecule is Cc1ccc2nc(-c3ccc4sc(-c5ccc(N=Nc6c(C(=O)O)nn(-c7ccc(S(=O)(=O)O)cc7)c6O)c(S(=O)(=O)O)c5)nc4c3)sc2c1. The van der Waals surface area contributed by atoms with Gasteiger partial charge in [0.15, 0.2) is 5.69 Å². The first-order valence-corrected chi connectivity index (χ1v) is 18.6. The molecular weight excluding hydrogens is 729 g/mol. The van der Waals surface area contributed by atoms with Crippen LogP contribution in [0.25, 0.3) is 47.3 Å². The van der Waals surface area contributed by atoms with Crippen LogP contribution in [-0.2, 0) is 20.2 Å². The van der Waals surface area contributed by atoms with E-state index in [0.29, 0.717) is 16.1 Å². The number of fused-ring (bicyclic) bond motifs is 2. The summed E-state index contributed by atoms with van der Waals surface area (Å²) in [4.78, 5) is 20.2. The monoisotopic (exact) mass is 748 g/mol. The third kappa shape index (κ3) is 6.24. The lowest BCUT2D eigenvalue weighted by Gasteiger charge is -2.05. The van der Waals surface area contributed by atoms with Crippen molar-refractivity contribution in [2.24, 2.45) is 10.2 Å². The zero-order valence-electron chi connectivity index (χ0n) is 25.2. The van der Waals surface area contributed by atoms with Gasteiger partial charge in [0.25, 0.3) is 20.2 Å². The molecule has 252 valence electrons. The minimum atomic E-state index is -4.90. The molecule has 3 aromatic heterocycles. The Kier molecular flexibility index (Phi) is 8.04. The molecule has 0 spiro atoms. The number of carboxylic acid groups (broad SMARTS) is 1.